The Hall–Kier alpha value is -3.79. The van der Waals surface area contributed by atoms with Crippen molar-refractivity contribution >= 4 is 23.4 Å². The lowest BCUT2D eigenvalue weighted by Crippen LogP contribution is -2.38. The molecule has 0 bridgehead atoms. The summed E-state index contributed by atoms with van der Waals surface area (Å²) in [6.45, 7) is 0. The molecule has 0 radical (unpaired) electrons. The number of carbonyl (C=O) groups is 1. The summed E-state index contributed by atoms with van der Waals surface area (Å²) in [7, 11) is 4.04. The van der Waals surface area contributed by atoms with E-state index in [-0.39, 0.29) is 11.9 Å². The molecule has 0 saturated heterocycles. The van der Waals surface area contributed by atoms with E-state index in [1.807, 2.05) is 80.8 Å². The molecule has 4 heteroatoms. The van der Waals surface area contributed by atoms with E-state index in [0.29, 0.717) is 0 Å². The van der Waals surface area contributed by atoms with Crippen molar-refractivity contribution in [2.45, 2.75) is 6.04 Å². The van der Waals surface area contributed by atoms with Crippen molar-refractivity contribution < 1.29 is 4.79 Å². The van der Waals surface area contributed by atoms with E-state index >= 15 is 0 Å². The number of hydrogen-bond acceptors (Lipinski definition) is 3. The van der Waals surface area contributed by atoms with E-state index in [1.165, 1.54) is 0 Å². The lowest BCUT2D eigenvalue weighted by molar-refractivity contribution is -0.129. The molecule has 0 fully saturated rings. The quantitative estimate of drug-likeness (QED) is 0.625. The first kappa shape index (κ1) is 19.5. The van der Waals surface area contributed by atoms with E-state index in [9.17, 15) is 4.79 Å². The second-order valence-electron chi connectivity index (χ2n) is 7.44. The van der Waals surface area contributed by atoms with Crippen molar-refractivity contribution in [2.24, 2.45) is 0 Å². The number of benzene rings is 3. The number of rotatable bonds is 5. The summed E-state index contributed by atoms with van der Waals surface area (Å²) in [5, 5.41) is 1.69. The van der Waals surface area contributed by atoms with Crippen molar-refractivity contribution in [1.29, 1.82) is 0 Å². The molecule has 0 unspecified atom stereocenters. The second kappa shape index (κ2) is 8.70. The minimum absolute atomic E-state index is 0.0947. The first-order chi connectivity index (χ1) is 14.6. The summed E-state index contributed by atoms with van der Waals surface area (Å²) < 4.78 is 0. The Bertz CT molecular complexity index is 1050. The molecule has 4 nitrogen and oxygen atoms in total. The van der Waals surface area contributed by atoms with E-state index in [2.05, 4.69) is 40.7 Å². The molecule has 0 aliphatic carbocycles. The Morgan fingerprint density at radius 2 is 1.53 bits per heavy atom. The Kier molecular flexibility index (Phi) is 5.66. The largest absolute Gasteiger partial charge is 0.378 e. The first-order valence-electron chi connectivity index (χ1n) is 9.99. The normalized spacial score (nSPS) is 15.7. The fourth-order valence-electron chi connectivity index (χ4n) is 3.47. The van der Waals surface area contributed by atoms with E-state index in [1.54, 1.807) is 11.1 Å². The smallest absolute Gasteiger partial charge is 0.265 e. The van der Waals surface area contributed by atoms with Crippen molar-refractivity contribution in [3.63, 3.8) is 0 Å². The molecule has 1 heterocycles. The highest BCUT2D eigenvalue weighted by Gasteiger charge is 2.29. The molecular weight excluding hydrogens is 370 g/mol. The molecule has 4 rings (SSSR count). The zero-order valence-electron chi connectivity index (χ0n) is 17.2. The van der Waals surface area contributed by atoms with Gasteiger partial charge in [0.2, 0.25) is 0 Å². The number of nitrogens with zero attached hydrogens (tertiary/aromatic N) is 2. The third-order valence-electron chi connectivity index (χ3n) is 5.13. The summed E-state index contributed by atoms with van der Waals surface area (Å²) in [6, 6.07) is 28.0. The molecule has 3 aromatic carbocycles. The van der Waals surface area contributed by atoms with Gasteiger partial charge < -0.3 is 4.90 Å². The Labute approximate surface area is 177 Å². The van der Waals surface area contributed by atoms with Crippen LogP contribution in [0.25, 0.3) is 11.8 Å². The predicted molar refractivity (Wildman–Crippen MR) is 123 cm³/mol. The molecular formula is C26H25N3O. The number of amides is 1. The standard InChI is InChI=1S/C26H25N3O/c1-28(2)23-16-14-22(15-17-23)25-19-24(21-11-7-4-8-12-21)27-29(25)26(30)18-13-20-9-5-3-6-10-20/h3-19,25,27H,1-2H3/b18-13+/t25-/m0/s1. The minimum Gasteiger partial charge on any atom is -0.378 e. The van der Waals surface area contributed by atoms with Crippen LogP contribution in [0.3, 0.4) is 0 Å². The number of hydrogen-bond donors (Lipinski definition) is 1. The maximum atomic E-state index is 13.1. The molecule has 150 valence electrons. The van der Waals surface area contributed by atoms with Gasteiger partial charge in [-0.3, -0.25) is 10.2 Å². The van der Waals surface area contributed by atoms with E-state index in [4.69, 9.17) is 0 Å². The van der Waals surface area contributed by atoms with Gasteiger partial charge in [-0.25, -0.2) is 5.01 Å². The number of carbonyl (C=O) groups excluding carboxylic acids is 1. The lowest BCUT2D eigenvalue weighted by atomic mass is 10.0. The molecule has 0 aromatic heterocycles. The number of nitrogens with one attached hydrogen (secondary N) is 1. The van der Waals surface area contributed by atoms with Crippen LogP contribution < -0.4 is 10.3 Å². The van der Waals surface area contributed by atoms with Gasteiger partial charge in [-0.2, -0.15) is 0 Å². The molecule has 3 aromatic rings. The highest BCUT2D eigenvalue weighted by Crippen LogP contribution is 2.32. The van der Waals surface area contributed by atoms with Crippen LogP contribution in [-0.4, -0.2) is 25.0 Å². The molecule has 0 saturated carbocycles. The van der Waals surface area contributed by atoms with Crippen LogP contribution in [0.5, 0.6) is 0 Å². The number of hydrazine groups is 1. The van der Waals surface area contributed by atoms with E-state index < -0.39 is 0 Å². The van der Waals surface area contributed by atoms with Gasteiger partial charge in [0.05, 0.1) is 11.7 Å². The predicted octanol–water partition coefficient (Wildman–Crippen LogP) is 4.90. The van der Waals surface area contributed by atoms with Crippen LogP contribution in [-0.2, 0) is 4.79 Å². The molecule has 1 aliphatic rings. The topological polar surface area (TPSA) is 35.6 Å². The van der Waals surface area contributed by atoms with E-state index in [0.717, 1.165) is 28.1 Å². The molecule has 1 atom stereocenters. The first-order valence-corrected chi connectivity index (χ1v) is 9.99. The third kappa shape index (κ3) is 4.28. The molecule has 1 N–H and O–H groups in total. The summed E-state index contributed by atoms with van der Waals surface area (Å²) in [5.74, 6) is -0.0947. The van der Waals surface area contributed by atoms with Gasteiger partial charge in [0, 0.05) is 25.9 Å². The Morgan fingerprint density at radius 3 is 2.17 bits per heavy atom. The zero-order valence-corrected chi connectivity index (χ0v) is 17.2. The zero-order chi connectivity index (χ0) is 20.9. The van der Waals surface area contributed by atoms with Gasteiger partial charge >= 0.3 is 0 Å². The van der Waals surface area contributed by atoms with Crippen molar-refractivity contribution in [2.75, 3.05) is 19.0 Å². The third-order valence-corrected chi connectivity index (χ3v) is 5.13. The monoisotopic (exact) mass is 395 g/mol. The SMILES string of the molecule is CN(C)c1ccc([C@@H]2C=C(c3ccccc3)NN2C(=O)/C=C/c2ccccc2)cc1. The Balaban J connectivity index is 1.63. The molecule has 30 heavy (non-hydrogen) atoms. The Morgan fingerprint density at radius 1 is 0.900 bits per heavy atom. The van der Waals surface area contributed by atoms with Gasteiger partial charge in [-0.1, -0.05) is 72.8 Å². The van der Waals surface area contributed by atoms with Crippen LogP contribution in [0.2, 0.25) is 0 Å². The lowest BCUT2D eigenvalue weighted by Gasteiger charge is -2.25. The average molecular weight is 396 g/mol. The fraction of sp³-hybridized carbons (Fsp3) is 0.115. The van der Waals surface area contributed by atoms with Crippen LogP contribution in [0.15, 0.2) is 97.1 Å². The van der Waals surface area contributed by atoms with Gasteiger partial charge in [0.25, 0.3) is 5.91 Å². The van der Waals surface area contributed by atoms with Crippen LogP contribution in [0.4, 0.5) is 5.69 Å². The van der Waals surface area contributed by atoms with Crippen molar-refractivity contribution in [3.05, 3.63) is 114 Å². The maximum Gasteiger partial charge on any atom is 0.265 e. The summed E-state index contributed by atoms with van der Waals surface area (Å²) in [5.41, 5.74) is 8.47. The number of anilines is 1. The highest BCUT2D eigenvalue weighted by molar-refractivity contribution is 5.93. The van der Waals surface area contributed by atoms with Crippen molar-refractivity contribution in [3.8, 4) is 0 Å². The van der Waals surface area contributed by atoms with Crippen LogP contribution >= 0.6 is 0 Å². The molecule has 1 amide bonds. The fourth-order valence-corrected chi connectivity index (χ4v) is 3.47. The minimum atomic E-state index is -0.190. The van der Waals surface area contributed by atoms with Gasteiger partial charge in [0.15, 0.2) is 0 Å². The van der Waals surface area contributed by atoms with Gasteiger partial charge in [0.1, 0.15) is 0 Å². The maximum absolute atomic E-state index is 13.1. The molecule has 1 aliphatic heterocycles. The highest BCUT2D eigenvalue weighted by atomic mass is 16.2. The summed E-state index contributed by atoms with van der Waals surface area (Å²) >= 11 is 0. The summed E-state index contributed by atoms with van der Waals surface area (Å²) in [4.78, 5) is 15.2. The van der Waals surface area contributed by atoms with Gasteiger partial charge in [-0.15, -0.1) is 0 Å². The summed E-state index contributed by atoms with van der Waals surface area (Å²) in [6.07, 6.45) is 5.57. The van der Waals surface area contributed by atoms with Crippen LogP contribution in [0, 0.1) is 0 Å². The van der Waals surface area contributed by atoms with Crippen LogP contribution in [0.1, 0.15) is 22.7 Å². The van der Waals surface area contributed by atoms with Crippen molar-refractivity contribution in [1.82, 2.24) is 10.4 Å². The second-order valence-corrected chi connectivity index (χ2v) is 7.44. The molecule has 0 spiro atoms. The van der Waals surface area contributed by atoms with Gasteiger partial charge in [-0.05, 0) is 41.0 Å². The average Bonchev–Trinajstić information content (AvgIpc) is 3.24.